The van der Waals surface area contributed by atoms with E-state index in [2.05, 4.69) is 19.9 Å². The molecule has 0 radical (unpaired) electrons. The number of aromatic nitrogens is 4. The third-order valence-electron chi connectivity index (χ3n) is 4.10. The van der Waals surface area contributed by atoms with Crippen LogP contribution in [0.5, 0.6) is 0 Å². The zero-order chi connectivity index (χ0) is 16.7. The van der Waals surface area contributed by atoms with Crippen molar-refractivity contribution in [3.05, 3.63) is 42.4 Å². The van der Waals surface area contributed by atoms with Crippen molar-refractivity contribution in [2.75, 3.05) is 18.0 Å². The Hall–Kier alpha value is -2.64. The van der Waals surface area contributed by atoms with Gasteiger partial charge in [0.15, 0.2) is 0 Å². The Morgan fingerprint density at radius 3 is 2.54 bits per heavy atom. The van der Waals surface area contributed by atoms with E-state index in [0.29, 0.717) is 11.4 Å². The van der Waals surface area contributed by atoms with Crippen molar-refractivity contribution in [2.24, 2.45) is 0 Å². The lowest BCUT2D eigenvalue weighted by atomic mass is 10.3. The third-order valence-corrected chi connectivity index (χ3v) is 4.10. The molecular weight excluding hydrogens is 319 g/mol. The van der Waals surface area contributed by atoms with Crippen LogP contribution < -0.4 is 4.90 Å². The molecule has 0 atom stereocenters. The van der Waals surface area contributed by atoms with Crippen LogP contribution in [0.4, 0.5) is 19.0 Å². The monoisotopic (exact) mass is 333 g/mol. The molecule has 5 nitrogen and oxygen atoms in total. The third kappa shape index (κ3) is 2.57. The first-order valence-corrected chi connectivity index (χ1v) is 7.66. The second-order valence-corrected chi connectivity index (χ2v) is 5.70. The predicted octanol–water partition coefficient (Wildman–Crippen LogP) is 3.41. The van der Waals surface area contributed by atoms with Crippen molar-refractivity contribution in [1.29, 1.82) is 0 Å². The first-order chi connectivity index (χ1) is 11.5. The van der Waals surface area contributed by atoms with Gasteiger partial charge in [-0.3, -0.25) is 4.40 Å². The predicted molar refractivity (Wildman–Crippen MR) is 82.7 cm³/mol. The number of hydrogen-bond acceptors (Lipinski definition) is 4. The number of hydrogen-bond donors (Lipinski definition) is 0. The number of nitrogens with zero attached hydrogens (tertiary/aromatic N) is 5. The quantitative estimate of drug-likeness (QED) is 0.721. The van der Waals surface area contributed by atoms with Crippen molar-refractivity contribution in [3.8, 4) is 11.4 Å². The number of alkyl halides is 3. The maximum absolute atomic E-state index is 12.8. The van der Waals surface area contributed by atoms with E-state index in [4.69, 9.17) is 0 Å². The van der Waals surface area contributed by atoms with Gasteiger partial charge in [-0.2, -0.15) is 13.2 Å². The van der Waals surface area contributed by atoms with E-state index in [9.17, 15) is 13.2 Å². The highest BCUT2D eigenvalue weighted by molar-refractivity contribution is 5.61. The summed E-state index contributed by atoms with van der Waals surface area (Å²) in [4.78, 5) is 14.4. The van der Waals surface area contributed by atoms with Crippen LogP contribution in [-0.4, -0.2) is 32.4 Å². The minimum Gasteiger partial charge on any atom is -0.357 e. The maximum atomic E-state index is 12.8. The highest BCUT2D eigenvalue weighted by Crippen LogP contribution is 2.29. The Bertz CT molecular complexity index is 881. The average Bonchev–Trinajstić information content (AvgIpc) is 3.23. The summed E-state index contributed by atoms with van der Waals surface area (Å²) < 4.78 is 39.8. The summed E-state index contributed by atoms with van der Waals surface area (Å²) in [5.41, 5.74) is 0.326. The molecule has 124 valence electrons. The molecule has 8 heteroatoms. The van der Waals surface area contributed by atoms with Crippen LogP contribution in [0.2, 0.25) is 0 Å². The molecule has 24 heavy (non-hydrogen) atoms. The normalized spacial score (nSPS) is 15.4. The van der Waals surface area contributed by atoms with Gasteiger partial charge in [0.25, 0.3) is 0 Å². The van der Waals surface area contributed by atoms with Gasteiger partial charge in [-0.25, -0.2) is 15.0 Å². The zero-order valence-corrected chi connectivity index (χ0v) is 12.7. The Labute approximate surface area is 135 Å². The van der Waals surface area contributed by atoms with Crippen molar-refractivity contribution >= 4 is 11.6 Å². The Morgan fingerprint density at radius 1 is 1.00 bits per heavy atom. The fourth-order valence-electron chi connectivity index (χ4n) is 2.91. The summed E-state index contributed by atoms with van der Waals surface area (Å²) in [6.07, 6.45) is 0.634. The van der Waals surface area contributed by atoms with Gasteiger partial charge < -0.3 is 4.90 Å². The second-order valence-electron chi connectivity index (χ2n) is 5.70. The van der Waals surface area contributed by atoms with Crippen LogP contribution in [0.25, 0.3) is 17.2 Å². The van der Waals surface area contributed by atoms with E-state index in [1.54, 1.807) is 0 Å². The second kappa shape index (κ2) is 5.47. The zero-order valence-electron chi connectivity index (χ0n) is 12.7. The fraction of sp³-hybridized carbons (Fsp3) is 0.312. The fourth-order valence-corrected chi connectivity index (χ4v) is 2.91. The van der Waals surface area contributed by atoms with Gasteiger partial charge in [0, 0.05) is 19.3 Å². The molecule has 1 aliphatic rings. The van der Waals surface area contributed by atoms with Gasteiger partial charge in [-0.1, -0.05) is 6.07 Å². The first kappa shape index (κ1) is 14.9. The largest absolute Gasteiger partial charge is 0.433 e. The lowest BCUT2D eigenvalue weighted by molar-refractivity contribution is -0.141. The minimum absolute atomic E-state index is 0.00759. The number of anilines is 1. The van der Waals surface area contributed by atoms with Gasteiger partial charge in [-0.05, 0) is 31.0 Å². The Kier molecular flexibility index (Phi) is 3.40. The molecule has 0 bridgehead atoms. The molecule has 1 aliphatic heterocycles. The van der Waals surface area contributed by atoms with Crippen LogP contribution >= 0.6 is 0 Å². The highest BCUT2D eigenvalue weighted by Gasteiger charge is 2.33. The molecule has 0 aromatic carbocycles. The molecule has 0 spiro atoms. The van der Waals surface area contributed by atoms with Crippen LogP contribution in [0.3, 0.4) is 0 Å². The SMILES string of the molecule is FC(F)(F)c1ccn2c(-c3cccc(N4CCCC4)n3)cnc2n1. The van der Waals surface area contributed by atoms with Crippen molar-refractivity contribution in [3.63, 3.8) is 0 Å². The number of halogens is 3. The van der Waals surface area contributed by atoms with Gasteiger partial charge in [0.05, 0.1) is 17.6 Å². The number of fused-ring (bicyclic) bond motifs is 1. The van der Waals surface area contributed by atoms with Gasteiger partial charge in [0.2, 0.25) is 5.78 Å². The van der Waals surface area contributed by atoms with Gasteiger partial charge >= 0.3 is 6.18 Å². The van der Waals surface area contributed by atoms with Crippen LogP contribution in [0.1, 0.15) is 18.5 Å². The molecule has 4 rings (SSSR count). The smallest absolute Gasteiger partial charge is 0.357 e. The Morgan fingerprint density at radius 2 is 1.79 bits per heavy atom. The van der Waals surface area contributed by atoms with Crippen LogP contribution in [-0.2, 0) is 6.18 Å². The van der Waals surface area contributed by atoms with E-state index >= 15 is 0 Å². The summed E-state index contributed by atoms with van der Waals surface area (Å²) in [7, 11) is 0. The summed E-state index contributed by atoms with van der Waals surface area (Å²) in [5.74, 6) is 0.882. The topological polar surface area (TPSA) is 46.3 Å². The van der Waals surface area contributed by atoms with E-state index < -0.39 is 11.9 Å². The molecule has 1 saturated heterocycles. The molecule has 0 aliphatic carbocycles. The van der Waals surface area contributed by atoms with E-state index in [0.717, 1.165) is 37.8 Å². The van der Waals surface area contributed by atoms with E-state index in [1.165, 1.54) is 16.8 Å². The van der Waals surface area contributed by atoms with Crippen molar-refractivity contribution in [2.45, 2.75) is 19.0 Å². The van der Waals surface area contributed by atoms with Gasteiger partial charge in [-0.15, -0.1) is 0 Å². The van der Waals surface area contributed by atoms with Crippen LogP contribution in [0.15, 0.2) is 36.7 Å². The standard InChI is InChI=1S/C16H14F3N5/c17-16(18,19)13-6-9-24-12(10-20-15(24)22-13)11-4-3-5-14(21-11)23-7-1-2-8-23/h3-6,9-10H,1-2,7-8H2. The summed E-state index contributed by atoms with van der Waals surface area (Å²) in [6.45, 7) is 1.94. The summed E-state index contributed by atoms with van der Waals surface area (Å²) in [5, 5.41) is 0. The van der Waals surface area contributed by atoms with Crippen LogP contribution in [0, 0.1) is 0 Å². The summed E-state index contributed by atoms with van der Waals surface area (Å²) >= 11 is 0. The molecule has 0 saturated carbocycles. The Balaban J connectivity index is 1.75. The molecule has 1 fully saturated rings. The molecule has 0 unspecified atom stereocenters. The van der Waals surface area contributed by atoms with Gasteiger partial charge in [0.1, 0.15) is 11.5 Å². The van der Waals surface area contributed by atoms with Crippen molar-refractivity contribution < 1.29 is 13.2 Å². The first-order valence-electron chi connectivity index (χ1n) is 7.66. The van der Waals surface area contributed by atoms with Crippen molar-refractivity contribution in [1.82, 2.24) is 19.4 Å². The number of pyridine rings is 1. The average molecular weight is 333 g/mol. The lowest BCUT2D eigenvalue weighted by Gasteiger charge is -2.16. The number of imidazole rings is 1. The molecular formula is C16H14F3N5. The summed E-state index contributed by atoms with van der Waals surface area (Å²) in [6, 6.07) is 6.61. The molecule has 4 heterocycles. The molecule has 3 aromatic heterocycles. The maximum Gasteiger partial charge on any atom is 0.433 e. The molecule has 0 N–H and O–H groups in total. The number of rotatable bonds is 2. The minimum atomic E-state index is -4.48. The van der Waals surface area contributed by atoms with E-state index in [-0.39, 0.29) is 5.78 Å². The highest BCUT2D eigenvalue weighted by atomic mass is 19.4. The van der Waals surface area contributed by atoms with E-state index in [1.807, 2.05) is 18.2 Å². The molecule has 0 amide bonds. The molecule has 3 aromatic rings. The lowest BCUT2D eigenvalue weighted by Crippen LogP contribution is -2.18.